The molecule has 2 N–H and O–H groups in total. The van der Waals surface area contributed by atoms with Gasteiger partial charge < -0.3 is 10.6 Å². The predicted octanol–water partition coefficient (Wildman–Crippen LogP) is 1.35. The van der Waals surface area contributed by atoms with Crippen molar-refractivity contribution >= 4 is 30.1 Å². The maximum atomic E-state index is 12.6. The third-order valence-electron chi connectivity index (χ3n) is 4.67. The van der Waals surface area contributed by atoms with Crippen molar-refractivity contribution in [3.8, 4) is 0 Å². The summed E-state index contributed by atoms with van der Waals surface area (Å²) in [4.78, 5) is 40.5. The van der Waals surface area contributed by atoms with Crippen LogP contribution in [0.1, 0.15) is 46.0 Å². The normalized spacial score (nSPS) is 19.1. The molecule has 0 aromatic heterocycles. The molecule has 2 aliphatic rings. The minimum Gasteiger partial charge on any atom is -0.341 e. The Labute approximate surface area is 147 Å². The fraction of sp³-hybridized carbons (Fsp3) is 0.471. The highest BCUT2D eigenvalue weighted by atomic mass is 35.5. The molecule has 2 aliphatic heterocycles. The molecule has 0 aliphatic carbocycles. The highest BCUT2D eigenvalue weighted by Gasteiger charge is 2.42. The summed E-state index contributed by atoms with van der Waals surface area (Å²) in [6.45, 7) is 4.64. The van der Waals surface area contributed by atoms with Gasteiger partial charge in [-0.15, -0.1) is 12.4 Å². The number of amides is 3. The molecule has 2 heterocycles. The topological polar surface area (TPSA) is 83.7 Å². The Hall–Kier alpha value is -1.92. The first kappa shape index (κ1) is 18.4. The fourth-order valence-corrected chi connectivity index (χ4v) is 3.22. The number of rotatable bonds is 2. The number of nitrogens with zero attached hydrogens (tertiary/aromatic N) is 2. The first-order valence-corrected chi connectivity index (χ1v) is 7.93. The molecule has 0 bridgehead atoms. The summed E-state index contributed by atoms with van der Waals surface area (Å²) in [6.07, 6.45) is 1.50. The first-order chi connectivity index (χ1) is 10.9. The zero-order chi connectivity index (χ0) is 16.7. The van der Waals surface area contributed by atoms with Gasteiger partial charge in [0.05, 0.1) is 11.1 Å². The number of benzene rings is 1. The lowest BCUT2D eigenvalue weighted by Crippen LogP contribution is -2.52. The van der Waals surface area contributed by atoms with Crippen LogP contribution in [0.3, 0.4) is 0 Å². The largest absolute Gasteiger partial charge is 0.341 e. The highest BCUT2D eigenvalue weighted by molar-refractivity contribution is 6.22. The maximum absolute atomic E-state index is 12.6. The van der Waals surface area contributed by atoms with Crippen LogP contribution >= 0.6 is 12.4 Å². The Bertz CT molecular complexity index is 684. The third kappa shape index (κ3) is 3.03. The number of aryl methyl sites for hydroxylation is 1. The van der Waals surface area contributed by atoms with Gasteiger partial charge in [-0.2, -0.15) is 0 Å². The van der Waals surface area contributed by atoms with Crippen LogP contribution < -0.4 is 5.73 Å². The minimum absolute atomic E-state index is 0. The van der Waals surface area contributed by atoms with E-state index >= 15 is 0 Å². The van der Waals surface area contributed by atoms with Gasteiger partial charge in [0.25, 0.3) is 11.8 Å². The van der Waals surface area contributed by atoms with Gasteiger partial charge in [0.1, 0.15) is 6.04 Å². The number of hydrogen-bond acceptors (Lipinski definition) is 4. The van der Waals surface area contributed by atoms with Crippen molar-refractivity contribution < 1.29 is 14.4 Å². The van der Waals surface area contributed by atoms with Crippen molar-refractivity contribution in [2.45, 2.75) is 38.8 Å². The van der Waals surface area contributed by atoms with Crippen LogP contribution in [-0.2, 0) is 4.79 Å². The molecule has 3 rings (SSSR count). The summed E-state index contributed by atoms with van der Waals surface area (Å²) in [5, 5.41) is 0. The molecule has 1 fully saturated rings. The van der Waals surface area contributed by atoms with Gasteiger partial charge in [0.2, 0.25) is 5.91 Å². The van der Waals surface area contributed by atoms with Crippen molar-refractivity contribution in [3.63, 3.8) is 0 Å². The summed E-state index contributed by atoms with van der Waals surface area (Å²) in [7, 11) is 0. The van der Waals surface area contributed by atoms with Crippen LogP contribution in [0.25, 0.3) is 0 Å². The molecule has 0 saturated carbocycles. The second-order valence-electron chi connectivity index (χ2n) is 6.37. The number of piperidine rings is 1. The molecule has 130 valence electrons. The van der Waals surface area contributed by atoms with Crippen LogP contribution in [0.2, 0.25) is 0 Å². The van der Waals surface area contributed by atoms with E-state index in [0.717, 1.165) is 23.3 Å². The Balaban J connectivity index is 0.00000208. The van der Waals surface area contributed by atoms with Crippen LogP contribution in [0, 0.1) is 6.92 Å². The first-order valence-electron chi connectivity index (χ1n) is 7.93. The van der Waals surface area contributed by atoms with Crippen LogP contribution in [0.15, 0.2) is 18.2 Å². The highest BCUT2D eigenvalue weighted by Crippen LogP contribution is 2.26. The fourth-order valence-electron chi connectivity index (χ4n) is 3.22. The molecule has 1 saturated heterocycles. The lowest BCUT2D eigenvalue weighted by atomic mass is 10.1. The van der Waals surface area contributed by atoms with Crippen LogP contribution in [0.4, 0.5) is 0 Å². The standard InChI is InChI=1S/C17H21N3O3.ClH/c1-10-3-4-13-14(9-10)17(23)20(16(13)22)11(2)15(21)19-7-5-12(18)6-8-19;/h3-4,9,11-12H,5-8,18H2,1-2H3;1H. The molecule has 7 heteroatoms. The molecular weight excluding hydrogens is 330 g/mol. The second-order valence-corrected chi connectivity index (χ2v) is 6.37. The Morgan fingerprint density at radius 1 is 1.17 bits per heavy atom. The van der Waals surface area contributed by atoms with E-state index < -0.39 is 6.04 Å². The Morgan fingerprint density at radius 2 is 1.75 bits per heavy atom. The zero-order valence-corrected chi connectivity index (χ0v) is 14.6. The quantitative estimate of drug-likeness (QED) is 0.815. The Kier molecular flexibility index (Phi) is 5.30. The van der Waals surface area contributed by atoms with Crippen LogP contribution in [-0.4, -0.2) is 52.7 Å². The second kappa shape index (κ2) is 6.91. The third-order valence-corrected chi connectivity index (χ3v) is 4.67. The van der Waals surface area contributed by atoms with Gasteiger partial charge in [-0.05, 0) is 38.8 Å². The average molecular weight is 352 g/mol. The summed E-state index contributed by atoms with van der Waals surface area (Å²) < 4.78 is 0. The van der Waals surface area contributed by atoms with Crippen LogP contribution in [0.5, 0.6) is 0 Å². The molecule has 0 spiro atoms. The lowest BCUT2D eigenvalue weighted by molar-refractivity contribution is -0.135. The number of fused-ring (bicyclic) bond motifs is 1. The van der Waals surface area contributed by atoms with Gasteiger partial charge in [-0.25, -0.2) is 0 Å². The van der Waals surface area contributed by atoms with E-state index in [2.05, 4.69) is 0 Å². The van der Waals surface area contributed by atoms with Crippen molar-refractivity contribution in [3.05, 3.63) is 34.9 Å². The van der Waals surface area contributed by atoms with Gasteiger partial charge in [0.15, 0.2) is 0 Å². The van der Waals surface area contributed by atoms with Crippen molar-refractivity contribution in [1.29, 1.82) is 0 Å². The Morgan fingerprint density at radius 3 is 2.38 bits per heavy atom. The van der Waals surface area contributed by atoms with Crippen molar-refractivity contribution in [2.24, 2.45) is 5.73 Å². The lowest BCUT2D eigenvalue weighted by Gasteiger charge is -2.34. The van der Waals surface area contributed by atoms with E-state index in [1.165, 1.54) is 0 Å². The average Bonchev–Trinajstić information content (AvgIpc) is 2.77. The SMILES string of the molecule is Cc1ccc2c(c1)C(=O)N(C(C)C(=O)N1CCC(N)CC1)C2=O.Cl. The van der Waals surface area contributed by atoms with Gasteiger partial charge in [-0.3, -0.25) is 19.3 Å². The molecule has 1 atom stereocenters. The molecule has 1 unspecified atom stereocenters. The number of imide groups is 1. The number of carbonyl (C=O) groups excluding carboxylic acids is 3. The molecular formula is C17H22ClN3O3. The van der Waals surface area contributed by atoms with E-state index in [-0.39, 0.29) is 36.2 Å². The predicted molar refractivity (Wildman–Crippen MR) is 92.2 cm³/mol. The number of hydrogen-bond donors (Lipinski definition) is 1. The molecule has 1 aromatic rings. The number of halogens is 1. The number of nitrogens with two attached hydrogens (primary N) is 1. The molecule has 1 aromatic carbocycles. The maximum Gasteiger partial charge on any atom is 0.262 e. The van der Waals surface area contributed by atoms with E-state index in [4.69, 9.17) is 5.73 Å². The molecule has 3 amide bonds. The summed E-state index contributed by atoms with van der Waals surface area (Å²) in [5.74, 6) is -0.967. The van der Waals surface area contributed by atoms with E-state index in [0.29, 0.717) is 24.2 Å². The number of likely N-dealkylation sites (tertiary alicyclic amines) is 1. The zero-order valence-electron chi connectivity index (χ0n) is 13.8. The monoisotopic (exact) mass is 351 g/mol. The molecule has 6 nitrogen and oxygen atoms in total. The minimum atomic E-state index is -0.794. The summed E-state index contributed by atoms with van der Waals surface area (Å²) in [6, 6.07) is 4.48. The van der Waals surface area contributed by atoms with E-state index in [1.54, 1.807) is 30.0 Å². The van der Waals surface area contributed by atoms with Gasteiger partial charge in [-0.1, -0.05) is 11.6 Å². The van der Waals surface area contributed by atoms with E-state index in [1.807, 2.05) is 6.92 Å². The van der Waals surface area contributed by atoms with Gasteiger partial charge in [0, 0.05) is 19.1 Å². The molecule has 0 radical (unpaired) electrons. The molecule has 24 heavy (non-hydrogen) atoms. The van der Waals surface area contributed by atoms with Crippen molar-refractivity contribution in [1.82, 2.24) is 9.80 Å². The smallest absolute Gasteiger partial charge is 0.262 e. The van der Waals surface area contributed by atoms with Gasteiger partial charge >= 0.3 is 0 Å². The number of carbonyl (C=O) groups is 3. The van der Waals surface area contributed by atoms with E-state index in [9.17, 15) is 14.4 Å². The summed E-state index contributed by atoms with van der Waals surface area (Å²) >= 11 is 0. The van der Waals surface area contributed by atoms with Crippen molar-refractivity contribution in [2.75, 3.05) is 13.1 Å². The summed E-state index contributed by atoms with van der Waals surface area (Å²) in [5.41, 5.74) is 7.53.